The van der Waals surface area contributed by atoms with E-state index in [1.54, 1.807) is 24.3 Å². The lowest BCUT2D eigenvalue weighted by Gasteiger charge is -2.08. The maximum atomic E-state index is 12.0. The van der Waals surface area contributed by atoms with Gasteiger partial charge in [-0.3, -0.25) is 14.9 Å². The van der Waals surface area contributed by atoms with E-state index in [0.717, 1.165) is 0 Å². The molecule has 0 saturated carbocycles. The molecule has 2 aromatic carbocycles. The summed E-state index contributed by atoms with van der Waals surface area (Å²) in [5.41, 5.74) is 0.587. The smallest absolute Gasteiger partial charge is 0.270 e. The number of thiazole rings is 1. The number of carbonyl (C=O) groups excluding carboxylic acids is 1. The Labute approximate surface area is 168 Å². The molecular weight excluding hydrogens is 413 g/mol. The lowest BCUT2D eigenvalue weighted by atomic mass is 10.3. The predicted octanol–water partition coefficient (Wildman–Crippen LogP) is 5.31. The highest BCUT2D eigenvalue weighted by molar-refractivity contribution is 7.22. The summed E-state index contributed by atoms with van der Waals surface area (Å²) >= 11 is 13.0. The molecule has 0 radical (unpaired) electrons. The van der Waals surface area contributed by atoms with Crippen molar-refractivity contribution < 1.29 is 14.5 Å². The summed E-state index contributed by atoms with van der Waals surface area (Å²) in [6.45, 7) is 0.320. The lowest BCUT2D eigenvalue weighted by Crippen LogP contribution is -2.12. The van der Waals surface area contributed by atoms with Gasteiger partial charge in [-0.25, -0.2) is 4.98 Å². The van der Waals surface area contributed by atoms with Gasteiger partial charge in [-0.1, -0.05) is 34.5 Å². The maximum Gasteiger partial charge on any atom is 0.270 e. The molecule has 3 rings (SSSR count). The van der Waals surface area contributed by atoms with Gasteiger partial charge in [0.05, 0.1) is 26.8 Å². The van der Waals surface area contributed by atoms with Crippen LogP contribution in [0.2, 0.25) is 10.0 Å². The molecule has 140 valence electrons. The van der Waals surface area contributed by atoms with Crippen LogP contribution in [-0.2, 0) is 4.79 Å². The molecule has 0 spiro atoms. The van der Waals surface area contributed by atoms with Crippen LogP contribution in [0.5, 0.6) is 5.75 Å². The molecule has 0 saturated heterocycles. The molecule has 0 aliphatic carbocycles. The van der Waals surface area contributed by atoms with E-state index in [4.69, 9.17) is 27.9 Å². The number of non-ortho nitro benzene ring substituents is 1. The third kappa shape index (κ3) is 5.06. The second-order valence-corrected chi connectivity index (χ2v) is 7.38. The summed E-state index contributed by atoms with van der Waals surface area (Å²) in [5.74, 6) is 0.295. The van der Waals surface area contributed by atoms with Crippen molar-refractivity contribution in [3.8, 4) is 5.75 Å². The minimum Gasteiger partial charge on any atom is -0.492 e. The first kappa shape index (κ1) is 19.3. The number of nitrogens with zero attached hydrogens (tertiary/aromatic N) is 2. The topological polar surface area (TPSA) is 94.4 Å². The summed E-state index contributed by atoms with van der Waals surface area (Å²) in [6, 6.07) is 9.31. The summed E-state index contributed by atoms with van der Waals surface area (Å²) in [5, 5.41) is 14.8. The van der Waals surface area contributed by atoms with Crippen molar-refractivity contribution in [2.75, 3.05) is 11.9 Å². The van der Waals surface area contributed by atoms with Crippen LogP contribution >= 0.6 is 34.5 Å². The fraction of sp³-hybridized carbons (Fsp3) is 0.176. The normalized spacial score (nSPS) is 10.7. The number of aromatic nitrogens is 1. The van der Waals surface area contributed by atoms with Gasteiger partial charge in [-0.05, 0) is 30.7 Å². The molecule has 0 atom stereocenters. The second-order valence-electron chi connectivity index (χ2n) is 5.50. The molecule has 27 heavy (non-hydrogen) atoms. The Morgan fingerprint density at radius 1 is 1.26 bits per heavy atom. The van der Waals surface area contributed by atoms with E-state index in [-0.39, 0.29) is 18.0 Å². The van der Waals surface area contributed by atoms with E-state index >= 15 is 0 Å². The minimum atomic E-state index is -0.468. The molecule has 10 heteroatoms. The van der Waals surface area contributed by atoms with Gasteiger partial charge in [0.1, 0.15) is 5.75 Å². The number of nitro benzene ring substituents is 1. The van der Waals surface area contributed by atoms with E-state index in [1.165, 1.54) is 23.5 Å². The predicted molar refractivity (Wildman–Crippen MR) is 106 cm³/mol. The van der Waals surface area contributed by atoms with E-state index in [9.17, 15) is 14.9 Å². The highest BCUT2D eigenvalue weighted by Crippen LogP contribution is 2.29. The van der Waals surface area contributed by atoms with Crippen LogP contribution in [-0.4, -0.2) is 22.4 Å². The molecule has 1 aromatic heterocycles. The number of hydrogen-bond donors (Lipinski definition) is 1. The largest absolute Gasteiger partial charge is 0.492 e. The Hall–Kier alpha value is -2.42. The van der Waals surface area contributed by atoms with Crippen LogP contribution in [0.4, 0.5) is 10.8 Å². The van der Waals surface area contributed by atoms with Crippen LogP contribution < -0.4 is 10.1 Å². The van der Waals surface area contributed by atoms with Gasteiger partial charge >= 0.3 is 0 Å². The number of amides is 1. The standard InChI is InChI=1S/C17H13Cl2N3O4S/c18-10-3-6-14(12(19)8-10)26-7-1-2-16(23)21-17-20-13-5-4-11(22(24)25)9-15(13)27-17/h3-6,8-9H,1-2,7H2,(H,20,21,23). The van der Waals surface area contributed by atoms with E-state index in [2.05, 4.69) is 10.3 Å². The third-order valence-electron chi connectivity index (χ3n) is 3.53. The van der Waals surface area contributed by atoms with Crippen molar-refractivity contribution in [2.24, 2.45) is 0 Å². The molecule has 0 aliphatic rings. The third-order valence-corrected chi connectivity index (χ3v) is 4.99. The van der Waals surface area contributed by atoms with Gasteiger partial charge < -0.3 is 10.1 Å². The van der Waals surface area contributed by atoms with E-state index < -0.39 is 4.92 Å². The Morgan fingerprint density at radius 3 is 2.81 bits per heavy atom. The summed E-state index contributed by atoms with van der Waals surface area (Å²) < 4.78 is 6.17. The van der Waals surface area contributed by atoms with Gasteiger partial charge in [0.25, 0.3) is 5.69 Å². The van der Waals surface area contributed by atoms with Gasteiger partial charge in [0, 0.05) is 23.6 Å². The van der Waals surface area contributed by atoms with Crippen LogP contribution in [0.1, 0.15) is 12.8 Å². The van der Waals surface area contributed by atoms with Crippen molar-refractivity contribution >= 4 is 61.5 Å². The Bertz CT molecular complexity index is 1010. The fourth-order valence-corrected chi connectivity index (χ4v) is 3.65. The van der Waals surface area contributed by atoms with E-state index in [1.807, 2.05) is 0 Å². The molecule has 1 N–H and O–H groups in total. The summed E-state index contributed by atoms with van der Waals surface area (Å²) in [6.07, 6.45) is 0.725. The van der Waals surface area contributed by atoms with E-state index in [0.29, 0.717) is 44.2 Å². The average Bonchev–Trinajstić information content (AvgIpc) is 3.01. The first-order valence-electron chi connectivity index (χ1n) is 7.85. The number of halogens is 2. The zero-order valence-corrected chi connectivity index (χ0v) is 16.1. The van der Waals surface area contributed by atoms with Gasteiger partial charge in [-0.2, -0.15) is 0 Å². The maximum absolute atomic E-state index is 12.0. The molecular formula is C17H13Cl2N3O4S. The molecule has 0 fully saturated rings. The van der Waals surface area contributed by atoms with Crippen molar-refractivity contribution in [3.63, 3.8) is 0 Å². The Morgan fingerprint density at radius 2 is 2.07 bits per heavy atom. The number of nitro groups is 1. The zero-order chi connectivity index (χ0) is 19.4. The van der Waals surface area contributed by atoms with Gasteiger partial charge in [0.15, 0.2) is 5.13 Å². The van der Waals surface area contributed by atoms with Crippen molar-refractivity contribution in [1.82, 2.24) is 4.98 Å². The van der Waals surface area contributed by atoms with Crippen molar-refractivity contribution in [3.05, 3.63) is 56.6 Å². The highest BCUT2D eigenvalue weighted by atomic mass is 35.5. The van der Waals surface area contributed by atoms with Gasteiger partial charge in [0.2, 0.25) is 5.91 Å². The second kappa shape index (κ2) is 8.51. The number of benzene rings is 2. The number of anilines is 1. The number of hydrogen-bond acceptors (Lipinski definition) is 6. The Kier molecular flexibility index (Phi) is 6.10. The average molecular weight is 426 g/mol. The SMILES string of the molecule is O=C(CCCOc1ccc(Cl)cc1Cl)Nc1nc2ccc([N+](=O)[O-])cc2s1. The van der Waals surface area contributed by atoms with Crippen LogP contribution in [0.15, 0.2) is 36.4 Å². The Balaban J connectivity index is 1.50. The summed E-state index contributed by atoms with van der Waals surface area (Å²) in [4.78, 5) is 26.6. The van der Waals surface area contributed by atoms with Crippen LogP contribution in [0.3, 0.4) is 0 Å². The first-order chi connectivity index (χ1) is 12.9. The fourth-order valence-electron chi connectivity index (χ4n) is 2.27. The molecule has 1 heterocycles. The number of carbonyl (C=O) groups is 1. The first-order valence-corrected chi connectivity index (χ1v) is 9.42. The minimum absolute atomic E-state index is 0.0120. The molecule has 0 aliphatic heterocycles. The lowest BCUT2D eigenvalue weighted by molar-refractivity contribution is -0.384. The number of rotatable bonds is 7. The van der Waals surface area contributed by atoms with Crippen molar-refractivity contribution in [1.29, 1.82) is 0 Å². The number of fused-ring (bicyclic) bond motifs is 1. The number of nitrogens with one attached hydrogen (secondary N) is 1. The quantitative estimate of drug-likeness (QED) is 0.314. The van der Waals surface area contributed by atoms with Crippen LogP contribution in [0.25, 0.3) is 10.2 Å². The zero-order valence-electron chi connectivity index (χ0n) is 13.8. The molecule has 7 nitrogen and oxygen atoms in total. The van der Waals surface area contributed by atoms with Crippen LogP contribution in [0, 0.1) is 10.1 Å². The van der Waals surface area contributed by atoms with Gasteiger partial charge in [-0.15, -0.1) is 0 Å². The molecule has 0 bridgehead atoms. The van der Waals surface area contributed by atoms with Crippen molar-refractivity contribution in [2.45, 2.75) is 12.8 Å². The summed E-state index contributed by atoms with van der Waals surface area (Å²) in [7, 11) is 0. The molecule has 3 aromatic rings. The monoisotopic (exact) mass is 425 g/mol. The molecule has 1 amide bonds. The number of ether oxygens (including phenoxy) is 1. The highest BCUT2D eigenvalue weighted by Gasteiger charge is 2.12. The molecule has 0 unspecified atom stereocenters.